The van der Waals surface area contributed by atoms with Crippen LogP contribution in [0, 0.1) is 0 Å². The van der Waals surface area contributed by atoms with Crippen molar-refractivity contribution >= 4 is 46.4 Å². The molecular weight excluding hydrogens is 327 g/mol. The van der Waals surface area contributed by atoms with Gasteiger partial charge in [0.25, 0.3) is 5.91 Å². The minimum atomic E-state index is -4.91. The molecule has 1 aromatic rings. The molecule has 0 aliphatic carbocycles. The summed E-state index contributed by atoms with van der Waals surface area (Å²) in [5.41, 5.74) is 1.71. The van der Waals surface area contributed by atoms with Crippen molar-refractivity contribution in [3.63, 3.8) is 0 Å². The molecule has 0 aliphatic heterocycles. The summed E-state index contributed by atoms with van der Waals surface area (Å²) in [7, 11) is 0. The topological polar surface area (TPSA) is 55.1 Å². The van der Waals surface area contributed by atoms with Crippen molar-refractivity contribution < 1.29 is 18.0 Å². The van der Waals surface area contributed by atoms with Crippen LogP contribution in [-0.4, -0.2) is 17.6 Å². The molecule has 0 saturated heterocycles. The van der Waals surface area contributed by atoms with Crippen LogP contribution in [0.5, 0.6) is 0 Å². The van der Waals surface area contributed by atoms with Gasteiger partial charge in [0.05, 0.1) is 15.7 Å². The molecule has 106 valence electrons. The van der Waals surface area contributed by atoms with Crippen LogP contribution in [0.2, 0.25) is 15.1 Å². The lowest BCUT2D eigenvalue weighted by atomic mass is 10.0. The molecule has 1 unspecified atom stereocenters. The van der Waals surface area contributed by atoms with Gasteiger partial charge in [0.1, 0.15) is 0 Å². The van der Waals surface area contributed by atoms with E-state index in [0.717, 1.165) is 0 Å². The molecule has 0 fully saturated rings. The summed E-state index contributed by atoms with van der Waals surface area (Å²) in [6.45, 7) is 0.542. The lowest BCUT2D eigenvalue weighted by Gasteiger charge is -2.26. The van der Waals surface area contributed by atoms with Crippen molar-refractivity contribution in [3.8, 4) is 0 Å². The minimum Gasteiger partial charge on any atom is -0.322 e. The van der Waals surface area contributed by atoms with E-state index < -0.39 is 17.6 Å². The summed E-state index contributed by atoms with van der Waals surface area (Å²) in [4.78, 5) is 11.6. The third-order valence-corrected chi connectivity index (χ3v) is 3.12. The fraction of sp³-hybridized carbons (Fsp3) is 0.300. The Morgan fingerprint density at radius 1 is 1.21 bits per heavy atom. The van der Waals surface area contributed by atoms with E-state index in [2.05, 4.69) is 0 Å². The van der Waals surface area contributed by atoms with Crippen molar-refractivity contribution in [2.24, 2.45) is 5.73 Å². The second-order valence-electron chi connectivity index (χ2n) is 3.90. The highest BCUT2D eigenvalue weighted by Crippen LogP contribution is 2.35. The normalized spacial score (nSPS) is 14.9. The first-order chi connectivity index (χ1) is 8.46. The predicted octanol–water partition coefficient (Wildman–Crippen LogP) is 3.87. The summed E-state index contributed by atoms with van der Waals surface area (Å²) in [5.74, 6) is -1.48. The Hall–Kier alpha value is -0.690. The van der Waals surface area contributed by atoms with Crippen LogP contribution in [-0.2, 0) is 4.79 Å². The molecule has 19 heavy (non-hydrogen) atoms. The fourth-order valence-electron chi connectivity index (χ4n) is 1.03. The molecule has 1 atom stereocenters. The molecule has 0 spiro atoms. The Bertz CT molecular complexity index is 494. The van der Waals surface area contributed by atoms with Crippen molar-refractivity contribution in [1.29, 1.82) is 0 Å². The highest BCUT2D eigenvalue weighted by atomic mass is 35.5. The number of anilines is 1. The maximum atomic E-state index is 12.6. The zero-order chi connectivity index (χ0) is 15.0. The number of carbonyl (C=O) groups excluding carboxylic acids is 1. The van der Waals surface area contributed by atoms with Crippen molar-refractivity contribution in [3.05, 3.63) is 27.2 Å². The van der Waals surface area contributed by atoms with Crippen LogP contribution in [0.15, 0.2) is 12.1 Å². The van der Waals surface area contributed by atoms with E-state index in [1.807, 2.05) is 5.32 Å². The lowest BCUT2D eigenvalue weighted by molar-refractivity contribution is -0.184. The van der Waals surface area contributed by atoms with Crippen LogP contribution < -0.4 is 11.1 Å². The van der Waals surface area contributed by atoms with Gasteiger partial charge in [-0.15, -0.1) is 0 Å². The van der Waals surface area contributed by atoms with Gasteiger partial charge in [0.2, 0.25) is 0 Å². The van der Waals surface area contributed by atoms with Gasteiger partial charge in [-0.3, -0.25) is 4.79 Å². The summed E-state index contributed by atoms with van der Waals surface area (Å²) in [6, 6.07) is 2.46. The number of hydrogen-bond acceptors (Lipinski definition) is 2. The molecule has 0 saturated carbocycles. The van der Waals surface area contributed by atoms with E-state index in [4.69, 9.17) is 40.5 Å². The third-order valence-electron chi connectivity index (χ3n) is 2.31. The maximum Gasteiger partial charge on any atom is 0.415 e. The number of nitrogens with one attached hydrogen (secondary N) is 1. The standard InChI is InChI=1S/C10H8Cl3F3N2O/c1-9(17,10(14,15)16)8(19)18-7-5(12)2-4(11)3-6(7)13/h2-3H,17H2,1H3,(H,18,19). The molecule has 3 nitrogen and oxygen atoms in total. The van der Waals surface area contributed by atoms with Crippen LogP contribution in [0.3, 0.4) is 0 Å². The van der Waals surface area contributed by atoms with Crippen LogP contribution in [0.4, 0.5) is 18.9 Å². The molecule has 3 N–H and O–H groups in total. The molecule has 0 radical (unpaired) electrons. The number of benzene rings is 1. The fourth-order valence-corrected chi connectivity index (χ4v) is 1.95. The molecule has 1 rings (SSSR count). The van der Waals surface area contributed by atoms with Crippen molar-refractivity contribution in [1.82, 2.24) is 0 Å². The van der Waals surface area contributed by atoms with Gasteiger partial charge in [-0.05, 0) is 19.1 Å². The number of alkyl halides is 3. The van der Waals surface area contributed by atoms with Gasteiger partial charge in [0, 0.05) is 5.02 Å². The van der Waals surface area contributed by atoms with Gasteiger partial charge >= 0.3 is 6.18 Å². The first-order valence-electron chi connectivity index (χ1n) is 4.78. The molecule has 0 bridgehead atoms. The Balaban J connectivity index is 3.08. The monoisotopic (exact) mass is 334 g/mol. The number of carbonyl (C=O) groups is 1. The first kappa shape index (κ1) is 16.4. The first-order valence-corrected chi connectivity index (χ1v) is 5.92. The van der Waals surface area contributed by atoms with Crippen molar-refractivity contribution in [2.75, 3.05) is 5.32 Å². The van der Waals surface area contributed by atoms with Crippen LogP contribution >= 0.6 is 34.8 Å². The number of nitrogens with two attached hydrogens (primary N) is 1. The smallest absolute Gasteiger partial charge is 0.322 e. The summed E-state index contributed by atoms with van der Waals surface area (Å²) in [6.07, 6.45) is -4.91. The quantitative estimate of drug-likeness (QED) is 0.862. The summed E-state index contributed by atoms with van der Waals surface area (Å²) < 4.78 is 37.7. The molecule has 9 heteroatoms. The average molecular weight is 336 g/mol. The number of halogens is 6. The Morgan fingerprint density at radius 2 is 1.63 bits per heavy atom. The molecule has 0 heterocycles. The van der Waals surface area contributed by atoms with E-state index in [0.29, 0.717) is 6.92 Å². The minimum absolute atomic E-state index is 0.0937. The number of rotatable bonds is 2. The largest absolute Gasteiger partial charge is 0.415 e. The zero-order valence-electron chi connectivity index (χ0n) is 9.41. The molecule has 0 aromatic heterocycles. The molecule has 0 aliphatic rings. The van der Waals surface area contributed by atoms with Crippen LogP contribution in [0.25, 0.3) is 0 Å². The van der Waals surface area contributed by atoms with Crippen LogP contribution in [0.1, 0.15) is 6.92 Å². The SMILES string of the molecule is CC(N)(C(=O)Nc1c(Cl)cc(Cl)cc1Cl)C(F)(F)F. The summed E-state index contributed by atoms with van der Waals surface area (Å²) >= 11 is 17.1. The highest BCUT2D eigenvalue weighted by molar-refractivity contribution is 6.42. The molecule has 1 amide bonds. The van der Waals surface area contributed by atoms with Crippen molar-refractivity contribution in [2.45, 2.75) is 18.6 Å². The van der Waals surface area contributed by atoms with E-state index in [9.17, 15) is 18.0 Å². The number of hydrogen-bond donors (Lipinski definition) is 2. The Kier molecular flexibility index (Phi) is 4.62. The van der Waals surface area contributed by atoms with E-state index in [1.165, 1.54) is 12.1 Å². The molecular formula is C10H8Cl3F3N2O. The summed E-state index contributed by atoms with van der Waals surface area (Å²) in [5, 5.41) is 1.94. The van der Waals surface area contributed by atoms with Gasteiger partial charge in [0.15, 0.2) is 5.54 Å². The number of amides is 1. The van der Waals surface area contributed by atoms with E-state index in [1.54, 1.807) is 0 Å². The predicted molar refractivity (Wildman–Crippen MR) is 68.7 cm³/mol. The van der Waals surface area contributed by atoms with Gasteiger partial charge in [-0.25, -0.2) is 0 Å². The van der Waals surface area contributed by atoms with Gasteiger partial charge < -0.3 is 11.1 Å². The molecule has 1 aromatic carbocycles. The van der Waals surface area contributed by atoms with E-state index in [-0.39, 0.29) is 20.8 Å². The second-order valence-corrected chi connectivity index (χ2v) is 5.15. The lowest BCUT2D eigenvalue weighted by Crippen LogP contribution is -2.59. The average Bonchev–Trinajstić information content (AvgIpc) is 2.21. The van der Waals surface area contributed by atoms with E-state index >= 15 is 0 Å². The zero-order valence-corrected chi connectivity index (χ0v) is 11.7. The van der Waals surface area contributed by atoms with Gasteiger partial charge in [-0.1, -0.05) is 34.8 Å². The maximum absolute atomic E-state index is 12.6. The Labute approximate surface area is 121 Å². The van der Waals surface area contributed by atoms with Gasteiger partial charge in [-0.2, -0.15) is 13.2 Å². The third kappa shape index (κ3) is 3.45. The Morgan fingerprint density at radius 3 is 2.00 bits per heavy atom. The second kappa shape index (κ2) is 5.36. The highest BCUT2D eigenvalue weighted by Gasteiger charge is 2.54.